The maximum atomic E-state index is 11.4. The van der Waals surface area contributed by atoms with Gasteiger partial charge in [0.25, 0.3) is 0 Å². The number of rotatable bonds is 4. The highest BCUT2D eigenvalue weighted by atomic mass is 32.2. The predicted octanol–water partition coefficient (Wildman–Crippen LogP) is 1.49. The van der Waals surface area contributed by atoms with Crippen molar-refractivity contribution in [3.63, 3.8) is 0 Å². The average Bonchev–Trinajstić information content (AvgIpc) is 2.75. The van der Waals surface area contributed by atoms with Gasteiger partial charge in [-0.1, -0.05) is 0 Å². The van der Waals surface area contributed by atoms with Crippen molar-refractivity contribution in [3.05, 3.63) is 30.2 Å². The number of hydrogen-bond acceptors (Lipinski definition) is 3. The third-order valence-corrected chi connectivity index (χ3v) is 5.20. The summed E-state index contributed by atoms with van der Waals surface area (Å²) in [4.78, 5) is 4.51. The molecule has 3 rings (SSSR count). The number of pyridine rings is 1. The van der Waals surface area contributed by atoms with E-state index in [-0.39, 0.29) is 0 Å². The minimum absolute atomic E-state index is 0.378. The normalized spacial score (nSPS) is 17.5. The van der Waals surface area contributed by atoms with Gasteiger partial charge in [-0.05, 0) is 31.4 Å². The van der Waals surface area contributed by atoms with Crippen LogP contribution in [0.1, 0.15) is 12.6 Å². The lowest BCUT2D eigenvalue weighted by Crippen LogP contribution is -2.50. The third-order valence-electron chi connectivity index (χ3n) is 3.97. The lowest BCUT2D eigenvalue weighted by molar-refractivity contribution is 0.200. The van der Waals surface area contributed by atoms with Crippen LogP contribution in [-0.2, 0) is 23.0 Å². The molecule has 5 nitrogen and oxygen atoms in total. The van der Waals surface area contributed by atoms with Gasteiger partial charge in [0.15, 0.2) is 0 Å². The van der Waals surface area contributed by atoms with Crippen LogP contribution in [0.15, 0.2) is 24.5 Å². The monoisotopic (exact) mass is 293 g/mol. The number of sulfonamides is 1. The van der Waals surface area contributed by atoms with Gasteiger partial charge in [-0.3, -0.25) is 4.98 Å². The Bertz CT molecular complexity index is 730. The molecule has 1 aliphatic rings. The molecule has 108 valence electrons. The van der Waals surface area contributed by atoms with E-state index in [1.165, 1.54) is 21.5 Å². The zero-order valence-electron chi connectivity index (χ0n) is 11.8. The highest BCUT2D eigenvalue weighted by Gasteiger charge is 2.33. The fourth-order valence-electron chi connectivity index (χ4n) is 2.83. The molecule has 0 amide bonds. The molecule has 1 fully saturated rings. The molecule has 0 saturated carbocycles. The summed E-state index contributed by atoms with van der Waals surface area (Å²) in [5.74, 6) is 0.378. The molecule has 6 heteroatoms. The van der Waals surface area contributed by atoms with E-state index in [4.69, 9.17) is 0 Å². The first-order valence-electron chi connectivity index (χ1n) is 6.87. The molecule has 0 N–H and O–H groups in total. The van der Waals surface area contributed by atoms with Crippen molar-refractivity contribution in [3.8, 4) is 0 Å². The highest BCUT2D eigenvalue weighted by molar-refractivity contribution is 7.88. The van der Waals surface area contributed by atoms with E-state index < -0.39 is 10.0 Å². The number of aryl methyl sites for hydroxylation is 1. The zero-order valence-corrected chi connectivity index (χ0v) is 12.6. The molecule has 0 radical (unpaired) electrons. The maximum Gasteiger partial charge on any atom is 0.211 e. The first-order chi connectivity index (χ1) is 9.49. The number of hydrogen-bond donors (Lipinski definition) is 0. The molecule has 3 heterocycles. The summed E-state index contributed by atoms with van der Waals surface area (Å²) in [6.07, 6.45) is 6.03. The Kier molecular flexibility index (Phi) is 3.30. The molecular weight excluding hydrogens is 274 g/mol. The van der Waals surface area contributed by atoms with Crippen molar-refractivity contribution in [2.45, 2.75) is 19.9 Å². The summed E-state index contributed by atoms with van der Waals surface area (Å²) in [6.45, 7) is 4.26. The second-order valence-corrected chi connectivity index (χ2v) is 7.43. The van der Waals surface area contributed by atoms with Crippen molar-refractivity contribution in [1.29, 1.82) is 0 Å². The summed E-state index contributed by atoms with van der Waals surface area (Å²) in [7, 11) is -3.03. The van der Waals surface area contributed by atoms with Crippen LogP contribution < -0.4 is 0 Å². The van der Waals surface area contributed by atoms with Gasteiger partial charge in [0.2, 0.25) is 10.0 Å². The first kappa shape index (κ1) is 13.6. The van der Waals surface area contributed by atoms with Crippen LogP contribution in [-0.4, -0.2) is 41.6 Å². The van der Waals surface area contributed by atoms with E-state index >= 15 is 0 Å². The minimum Gasteiger partial charge on any atom is -0.346 e. The molecule has 1 aliphatic heterocycles. The average molecular weight is 293 g/mol. The molecule has 0 atom stereocenters. The van der Waals surface area contributed by atoms with Crippen LogP contribution in [0.25, 0.3) is 10.9 Å². The fourth-order valence-corrected chi connectivity index (χ4v) is 3.80. The summed E-state index contributed by atoms with van der Waals surface area (Å²) in [5.41, 5.74) is 2.26. The van der Waals surface area contributed by atoms with E-state index in [1.54, 1.807) is 0 Å². The Morgan fingerprint density at radius 2 is 2.10 bits per heavy atom. The summed E-state index contributed by atoms with van der Waals surface area (Å²) in [6, 6.07) is 4.13. The van der Waals surface area contributed by atoms with Gasteiger partial charge in [-0.25, -0.2) is 12.7 Å². The Balaban J connectivity index is 1.81. The number of nitrogens with zero attached hydrogens (tertiary/aromatic N) is 3. The maximum absolute atomic E-state index is 11.4. The van der Waals surface area contributed by atoms with Gasteiger partial charge in [0.05, 0.1) is 17.5 Å². The van der Waals surface area contributed by atoms with Gasteiger partial charge in [0, 0.05) is 37.4 Å². The van der Waals surface area contributed by atoms with E-state index in [9.17, 15) is 8.42 Å². The number of aromatic nitrogens is 2. The van der Waals surface area contributed by atoms with Gasteiger partial charge >= 0.3 is 0 Å². The molecule has 0 unspecified atom stereocenters. The van der Waals surface area contributed by atoms with Crippen LogP contribution >= 0.6 is 0 Å². The zero-order chi connectivity index (χ0) is 14.3. The second-order valence-electron chi connectivity index (χ2n) is 5.45. The van der Waals surface area contributed by atoms with Crippen LogP contribution in [0.3, 0.4) is 0 Å². The fraction of sp³-hybridized carbons (Fsp3) is 0.500. The molecule has 20 heavy (non-hydrogen) atoms. The van der Waals surface area contributed by atoms with Crippen LogP contribution in [0.5, 0.6) is 0 Å². The molecule has 2 aromatic rings. The second kappa shape index (κ2) is 4.86. The third kappa shape index (κ3) is 2.33. The Hall–Kier alpha value is -1.40. The van der Waals surface area contributed by atoms with Gasteiger partial charge in [-0.15, -0.1) is 0 Å². The summed E-state index contributed by atoms with van der Waals surface area (Å²) < 4.78 is 26.5. The Labute approximate surface area is 119 Å². The lowest BCUT2D eigenvalue weighted by Gasteiger charge is -2.37. The standard InChI is InChI=1S/C14H19N3O2S/c1-3-16-7-5-12-4-6-15-13(14(12)16)8-11-9-17(10-11)20(2,18)19/h4-7,11H,3,8-10H2,1-2H3. The SMILES string of the molecule is CCn1ccc2ccnc(CC3CN(S(C)(=O)=O)C3)c21. The molecular formula is C14H19N3O2S. The van der Waals surface area contributed by atoms with E-state index in [1.807, 2.05) is 12.3 Å². The molecule has 0 aliphatic carbocycles. The van der Waals surface area contributed by atoms with Crippen LogP contribution in [0.4, 0.5) is 0 Å². The molecule has 0 bridgehead atoms. The van der Waals surface area contributed by atoms with Crippen molar-refractivity contribution < 1.29 is 8.42 Å². The van der Waals surface area contributed by atoms with Gasteiger partial charge in [0.1, 0.15) is 0 Å². The highest BCUT2D eigenvalue weighted by Crippen LogP contribution is 2.26. The Morgan fingerprint density at radius 1 is 1.35 bits per heavy atom. The summed E-state index contributed by atoms with van der Waals surface area (Å²) >= 11 is 0. The summed E-state index contributed by atoms with van der Waals surface area (Å²) in [5, 5.41) is 1.20. The van der Waals surface area contributed by atoms with Crippen molar-refractivity contribution in [1.82, 2.24) is 13.9 Å². The number of fused-ring (bicyclic) bond motifs is 1. The van der Waals surface area contributed by atoms with Crippen molar-refractivity contribution >= 4 is 20.9 Å². The van der Waals surface area contributed by atoms with Gasteiger partial charge < -0.3 is 4.57 Å². The lowest BCUT2D eigenvalue weighted by atomic mass is 9.96. The molecule has 2 aromatic heterocycles. The Morgan fingerprint density at radius 3 is 2.75 bits per heavy atom. The van der Waals surface area contributed by atoms with E-state index in [2.05, 4.69) is 28.7 Å². The topological polar surface area (TPSA) is 55.2 Å². The largest absolute Gasteiger partial charge is 0.346 e. The van der Waals surface area contributed by atoms with Gasteiger partial charge in [-0.2, -0.15) is 0 Å². The minimum atomic E-state index is -3.03. The van der Waals surface area contributed by atoms with E-state index in [0.29, 0.717) is 19.0 Å². The van der Waals surface area contributed by atoms with Crippen molar-refractivity contribution in [2.24, 2.45) is 5.92 Å². The first-order valence-corrected chi connectivity index (χ1v) is 8.71. The van der Waals surface area contributed by atoms with Crippen molar-refractivity contribution in [2.75, 3.05) is 19.3 Å². The molecule has 0 spiro atoms. The van der Waals surface area contributed by atoms with E-state index in [0.717, 1.165) is 18.7 Å². The molecule has 1 saturated heterocycles. The smallest absolute Gasteiger partial charge is 0.211 e. The molecule has 0 aromatic carbocycles. The van der Waals surface area contributed by atoms with Crippen LogP contribution in [0.2, 0.25) is 0 Å². The van der Waals surface area contributed by atoms with Crippen LogP contribution in [0, 0.1) is 5.92 Å². The quantitative estimate of drug-likeness (QED) is 0.858. The predicted molar refractivity (Wildman–Crippen MR) is 79.0 cm³/mol.